The van der Waals surface area contributed by atoms with E-state index in [1.54, 1.807) is 19.2 Å². The van der Waals surface area contributed by atoms with Crippen LogP contribution in [0.1, 0.15) is 52.2 Å². The number of piperidine rings is 1. The zero-order valence-electron chi connectivity index (χ0n) is 20.8. The summed E-state index contributed by atoms with van der Waals surface area (Å²) in [6, 6.07) is 13.1. The van der Waals surface area contributed by atoms with Crippen LogP contribution in [0, 0.1) is 25.1 Å². The molecule has 6 rings (SSSR count). The van der Waals surface area contributed by atoms with E-state index in [-0.39, 0.29) is 5.91 Å². The number of nitrogens with one attached hydrogen (secondary N) is 1. The standard InChI is InChI=1S/C30H28FN5O/c1-3-20-5-7-21(8-6-20)22-9-13-36(14-10-22)30(37)23-16-24(25(31)15-19(23)2)29-33-26-17-28(35-11-4-12-35)32-18-27(26)34-29/h1,5-8,15-18,22H,4,9-14H2,2H3,(H,33,34). The summed E-state index contributed by atoms with van der Waals surface area (Å²) in [7, 11) is 0. The number of rotatable bonds is 4. The van der Waals surface area contributed by atoms with Crippen molar-refractivity contribution in [3.8, 4) is 23.7 Å². The van der Waals surface area contributed by atoms with Crippen LogP contribution in [0.3, 0.4) is 0 Å². The third kappa shape index (κ3) is 4.33. The van der Waals surface area contributed by atoms with Gasteiger partial charge < -0.3 is 14.8 Å². The number of anilines is 1. The van der Waals surface area contributed by atoms with Crippen LogP contribution in [0.15, 0.2) is 48.7 Å². The highest BCUT2D eigenvalue weighted by Crippen LogP contribution is 2.31. The van der Waals surface area contributed by atoms with Crippen molar-refractivity contribution < 1.29 is 9.18 Å². The maximum absolute atomic E-state index is 15.1. The van der Waals surface area contributed by atoms with Gasteiger partial charge in [0.15, 0.2) is 0 Å². The first-order valence-corrected chi connectivity index (χ1v) is 12.8. The van der Waals surface area contributed by atoms with Crippen molar-refractivity contribution in [1.82, 2.24) is 19.9 Å². The molecule has 4 heterocycles. The number of carbonyl (C=O) groups is 1. The molecule has 0 unspecified atom stereocenters. The third-order valence-corrected chi connectivity index (χ3v) is 7.66. The van der Waals surface area contributed by atoms with Crippen LogP contribution >= 0.6 is 0 Å². The van der Waals surface area contributed by atoms with Gasteiger partial charge in [-0.05, 0) is 67.5 Å². The number of pyridine rings is 1. The molecule has 4 aromatic rings. The molecule has 6 nitrogen and oxygen atoms in total. The Hall–Kier alpha value is -4.18. The highest BCUT2D eigenvalue weighted by Gasteiger charge is 2.27. The Bertz CT molecular complexity index is 1520. The fourth-order valence-electron chi connectivity index (χ4n) is 5.27. The molecule has 0 bridgehead atoms. The molecule has 1 N–H and O–H groups in total. The van der Waals surface area contributed by atoms with Crippen LogP contribution in [0.25, 0.3) is 22.4 Å². The summed E-state index contributed by atoms with van der Waals surface area (Å²) in [4.78, 5) is 29.9. The van der Waals surface area contributed by atoms with E-state index in [2.05, 4.69) is 37.9 Å². The number of aromatic nitrogens is 3. The smallest absolute Gasteiger partial charge is 0.254 e. The molecule has 2 aliphatic heterocycles. The first-order chi connectivity index (χ1) is 18.0. The predicted molar refractivity (Wildman–Crippen MR) is 143 cm³/mol. The van der Waals surface area contributed by atoms with Crippen molar-refractivity contribution in [2.24, 2.45) is 0 Å². The Morgan fingerprint density at radius 1 is 1.11 bits per heavy atom. The summed E-state index contributed by atoms with van der Waals surface area (Å²) in [5.41, 5.74) is 5.02. The Morgan fingerprint density at radius 3 is 2.54 bits per heavy atom. The van der Waals surface area contributed by atoms with E-state index in [9.17, 15) is 4.79 Å². The van der Waals surface area contributed by atoms with Gasteiger partial charge in [-0.1, -0.05) is 18.1 Å². The molecule has 2 aliphatic rings. The summed E-state index contributed by atoms with van der Waals surface area (Å²) in [6.07, 6.45) is 10.1. The molecule has 1 amide bonds. The molecule has 7 heteroatoms. The first kappa shape index (κ1) is 23.2. The summed E-state index contributed by atoms with van der Waals surface area (Å²) >= 11 is 0. The van der Waals surface area contributed by atoms with Crippen molar-refractivity contribution in [3.63, 3.8) is 0 Å². The number of terminal acetylenes is 1. The minimum absolute atomic E-state index is 0.0715. The van der Waals surface area contributed by atoms with E-state index in [0.29, 0.717) is 41.5 Å². The Labute approximate surface area is 215 Å². The SMILES string of the molecule is C#Cc1ccc(C2CCN(C(=O)c3cc(-c4nc5cc(N6CCC6)ncc5[nH]4)c(F)cc3C)CC2)cc1. The number of aromatic amines is 1. The van der Waals surface area contributed by atoms with Crippen LogP contribution in [0.5, 0.6) is 0 Å². The number of H-pyrrole nitrogens is 1. The maximum atomic E-state index is 15.1. The first-order valence-electron chi connectivity index (χ1n) is 12.8. The molecule has 37 heavy (non-hydrogen) atoms. The molecule has 186 valence electrons. The van der Waals surface area contributed by atoms with Gasteiger partial charge in [0.2, 0.25) is 0 Å². The second-order valence-corrected chi connectivity index (χ2v) is 9.97. The van der Waals surface area contributed by atoms with Crippen LogP contribution in [-0.2, 0) is 0 Å². The van der Waals surface area contributed by atoms with Crippen molar-refractivity contribution >= 4 is 22.8 Å². The van der Waals surface area contributed by atoms with E-state index < -0.39 is 5.82 Å². The van der Waals surface area contributed by atoms with Gasteiger partial charge in [-0.2, -0.15) is 0 Å². The van der Waals surface area contributed by atoms with Gasteiger partial charge in [-0.3, -0.25) is 4.79 Å². The number of imidazole rings is 1. The monoisotopic (exact) mass is 493 g/mol. The van der Waals surface area contributed by atoms with Gasteiger partial charge in [0, 0.05) is 43.4 Å². The lowest BCUT2D eigenvalue weighted by Gasteiger charge is -2.32. The number of amides is 1. The molecule has 2 aromatic carbocycles. The van der Waals surface area contributed by atoms with Crippen LogP contribution < -0.4 is 4.90 Å². The maximum Gasteiger partial charge on any atom is 0.254 e. The van der Waals surface area contributed by atoms with Gasteiger partial charge in [0.25, 0.3) is 5.91 Å². The third-order valence-electron chi connectivity index (χ3n) is 7.66. The van der Waals surface area contributed by atoms with Crippen molar-refractivity contribution in [3.05, 3.63) is 76.7 Å². The normalized spacial score (nSPS) is 16.0. The number of nitrogens with zero attached hydrogens (tertiary/aromatic N) is 4. The molecule has 0 radical (unpaired) electrons. The van der Waals surface area contributed by atoms with Gasteiger partial charge in [-0.15, -0.1) is 6.42 Å². The zero-order chi connectivity index (χ0) is 25.5. The van der Waals surface area contributed by atoms with Crippen molar-refractivity contribution in [1.29, 1.82) is 0 Å². The highest BCUT2D eigenvalue weighted by molar-refractivity contribution is 5.97. The van der Waals surface area contributed by atoms with Gasteiger partial charge in [-0.25, -0.2) is 14.4 Å². The molecule has 2 aromatic heterocycles. The van der Waals surface area contributed by atoms with E-state index in [1.807, 2.05) is 23.1 Å². The molecule has 2 fully saturated rings. The summed E-state index contributed by atoms with van der Waals surface area (Å²) in [5, 5.41) is 0. The average molecular weight is 494 g/mol. The zero-order valence-corrected chi connectivity index (χ0v) is 20.8. The number of hydrogen-bond acceptors (Lipinski definition) is 4. The van der Waals surface area contributed by atoms with E-state index in [1.165, 1.54) is 11.6 Å². The fraction of sp³-hybridized carbons (Fsp3) is 0.300. The summed E-state index contributed by atoms with van der Waals surface area (Å²) in [6.45, 7) is 5.07. The van der Waals surface area contributed by atoms with E-state index in [0.717, 1.165) is 54.8 Å². The quantitative estimate of drug-likeness (QED) is 0.393. The molecule has 0 saturated carbocycles. The summed E-state index contributed by atoms with van der Waals surface area (Å²) in [5.74, 6) is 3.85. The lowest BCUT2D eigenvalue weighted by atomic mass is 9.88. The highest BCUT2D eigenvalue weighted by atomic mass is 19.1. The van der Waals surface area contributed by atoms with Crippen molar-refractivity contribution in [2.75, 3.05) is 31.1 Å². The molecular weight excluding hydrogens is 465 g/mol. The predicted octanol–water partition coefficient (Wildman–Crippen LogP) is 5.28. The second-order valence-electron chi connectivity index (χ2n) is 9.97. The Balaban J connectivity index is 1.22. The number of halogens is 1. The van der Waals surface area contributed by atoms with Gasteiger partial charge >= 0.3 is 0 Å². The minimum Gasteiger partial charge on any atom is -0.356 e. The largest absolute Gasteiger partial charge is 0.356 e. The van der Waals surface area contributed by atoms with Gasteiger partial charge in [0.1, 0.15) is 17.5 Å². The lowest BCUT2D eigenvalue weighted by molar-refractivity contribution is 0.0712. The molecule has 2 saturated heterocycles. The van der Waals surface area contributed by atoms with E-state index >= 15 is 4.39 Å². The number of likely N-dealkylation sites (tertiary alicyclic amines) is 1. The molecular formula is C30H28FN5O. The number of hydrogen-bond donors (Lipinski definition) is 1. The average Bonchev–Trinajstić information content (AvgIpc) is 3.31. The summed E-state index contributed by atoms with van der Waals surface area (Å²) < 4.78 is 15.1. The number of aryl methyl sites for hydroxylation is 1. The Morgan fingerprint density at radius 2 is 1.86 bits per heavy atom. The van der Waals surface area contributed by atoms with E-state index in [4.69, 9.17) is 6.42 Å². The van der Waals surface area contributed by atoms with Crippen LogP contribution in [0.4, 0.5) is 10.2 Å². The van der Waals surface area contributed by atoms with Crippen molar-refractivity contribution in [2.45, 2.75) is 32.1 Å². The topological polar surface area (TPSA) is 65.1 Å². The number of fused-ring (bicyclic) bond motifs is 1. The minimum atomic E-state index is -0.404. The molecule has 0 spiro atoms. The second kappa shape index (κ2) is 9.36. The van der Waals surface area contributed by atoms with Gasteiger partial charge in [0.05, 0.1) is 22.8 Å². The van der Waals surface area contributed by atoms with Crippen LogP contribution in [-0.4, -0.2) is 51.9 Å². The molecule has 0 atom stereocenters. The lowest BCUT2D eigenvalue weighted by Crippen LogP contribution is -2.38. The van der Waals surface area contributed by atoms with Crippen LogP contribution in [0.2, 0.25) is 0 Å². The fourth-order valence-corrected chi connectivity index (χ4v) is 5.27. The number of carbonyl (C=O) groups excluding carboxylic acids is 1. The molecule has 0 aliphatic carbocycles. The Kier molecular flexibility index (Phi) is 5.88. The number of benzene rings is 2.